The molecule has 1 atom stereocenters. The van der Waals surface area contributed by atoms with E-state index in [1.165, 1.54) is 12.8 Å². The van der Waals surface area contributed by atoms with Crippen LogP contribution in [0.2, 0.25) is 0 Å². The second kappa shape index (κ2) is 4.54. The van der Waals surface area contributed by atoms with Gasteiger partial charge in [-0.25, -0.2) is 0 Å². The monoisotopic (exact) mass is 271 g/mol. The summed E-state index contributed by atoms with van der Waals surface area (Å²) in [7, 11) is 0. The van der Waals surface area contributed by atoms with Gasteiger partial charge in [-0.2, -0.15) is 10.1 Å². The molecule has 0 aromatic carbocycles. The van der Waals surface area contributed by atoms with Gasteiger partial charge in [0.05, 0.1) is 12.1 Å². The largest absolute Gasteiger partial charge is 0.354 e. The Morgan fingerprint density at radius 1 is 1.25 bits per heavy atom. The van der Waals surface area contributed by atoms with Crippen LogP contribution in [-0.2, 0) is 0 Å². The highest BCUT2D eigenvalue weighted by molar-refractivity contribution is 5.41. The zero-order chi connectivity index (χ0) is 13.5. The number of hydrogen-bond donors (Lipinski definition) is 0. The quantitative estimate of drug-likeness (QED) is 0.851. The smallest absolute Gasteiger partial charge is 0.231 e. The third-order valence-electron chi connectivity index (χ3n) is 4.04. The van der Waals surface area contributed by atoms with Crippen LogP contribution in [0.25, 0.3) is 0 Å². The van der Waals surface area contributed by atoms with Gasteiger partial charge in [0.1, 0.15) is 0 Å². The van der Waals surface area contributed by atoms with E-state index in [1.807, 2.05) is 6.92 Å². The van der Waals surface area contributed by atoms with E-state index in [4.69, 9.17) is 4.52 Å². The van der Waals surface area contributed by atoms with Crippen molar-refractivity contribution in [1.29, 1.82) is 0 Å². The standard InChI is InChI=1S/C14H17N5O/c1-9-6-12(17-15-7-9)19-5-4-11(8-19)14-16-13(18-20-14)10-2-3-10/h6-7,10-11H,2-5,8H2,1H3. The lowest BCUT2D eigenvalue weighted by molar-refractivity contribution is 0.355. The van der Waals surface area contributed by atoms with Crippen molar-refractivity contribution in [2.45, 2.75) is 38.0 Å². The zero-order valence-electron chi connectivity index (χ0n) is 11.5. The molecule has 1 unspecified atom stereocenters. The van der Waals surface area contributed by atoms with Gasteiger partial charge in [-0.1, -0.05) is 5.16 Å². The Kier molecular flexibility index (Phi) is 2.68. The predicted molar refractivity (Wildman–Crippen MR) is 72.6 cm³/mol. The third-order valence-corrected chi connectivity index (χ3v) is 4.04. The second-order valence-electron chi connectivity index (χ2n) is 5.79. The lowest BCUT2D eigenvalue weighted by atomic mass is 10.1. The highest BCUT2D eigenvalue weighted by Gasteiger charge is 2.33. The lowest BCUT2D eigenvalue weighted by Gasteiger charge is -2.16. The van der Waals surface area contributed by atoms with E-state index in [0.717, 1.165) is 42.6 Å². The van der Waals surface area contributed by atoms with Crippen LogP contribution in [0.4, 0.5) is 5.82 Å². The number of nitrogens with zero attached hydrogens (tertiary/aromatic N) is 5. The molecule has 2 aromatic rings. The van der Waals surface area contributed by atoms with Gasteiger partial charge in [-0.3, -0.25) is 0 Å². The van der Waals surface area contributed by atoms with Crippen LogP contribution >= 0.6 is 0 Å². The zero-order valence-corrected chi connectivity index (χ0v) is 11.5. The molecule has 1 aliphatic heterocycles. The predicted octanol–water partition coefficient (Wildman–Crippen LogP) is 2.04. The molecule has 104 valence electrons. The van der Waals surface area contributed by atoms with Gasteiger partial charge >= 0.3 is 0 Å². The summed E-state index contributed by atoms with van der Waals surface area (Å²) in [5, 5.41) is 12.3. The van der Waals surface area contributed by atoms with E-state index >= 15 is 0 Å². The van der Waals surface area contributed by atoms with Crippen molar-refractivity contribution >= 4 is 5.82 Å². The molecular weight excluding hydrogens is 254 g/mol. The van der Waals surface area contributed by atoms with Crippen LogP contribution < -0.4 is 4.90 Å². The summed E-state index contributed by atoms with van der Waals surface area (Å²) in [6.07, 6.45) is 5.21. The van der Waals surface area contributed by atoms with Crippen LogP contribution in [0.15, 0.2) is 16.8 Å². The summed E-state index contributed by atoms with van der Waals surface area (Å²) in [4.78, 5) is 6.80. The van der Waals surface area contributed by atoms with Gasteiger partial charge in [-0.15, -0.1) is 5.10 Å². The fraction of sp³-hybridized carbons (Fsp3) is 0.571. The molecule has 0 bridgehead atoms. The average Bonchev–Trinajstić information content (AvgIpc) is 3.01. The molecule has 0 spiro atoms. The van der Waals surface area contributed by atoms with Crippen molar-refractivity contribution in [2.24, 2.45) is 0 Å². The Bertz CT molecular complexity index is 622. The number of aromatic nitrogens is 4. The van der Waals surface area contributed by atoms with Crippen molar-refractivity contribution in [3.05, 3.63) is 29.5 Å². The summed E-state index contributed by atoms with van der Waals surface area (Å²) < 4.78 is 5.43. The molecular formula is C14H17N5O. The molecule has 1 saturated carbocycles. The molecule has 0 amide bonds. The molecule has 2 aliphatic rings. The Hall–Kier alpha value is -1.98. The Morgan fingerprint density at radius 3 is 2.95 bits per heavy atom. The number of aryl methyl sites for hydroxylation is 1. The van der Waals surface area contributed by atoms with Crippen molar-refractivity contribution in [1.82, 2.24) is 20.3 Å². The first-order valence-corrected chi connectivity index (χ1v) is 7.17. The highest BCUT2D eigenvalue weighted by Crippen LogP contribution is 2.39. The molecule has 6 nitrogen and oxygen atoms in total. The van der Waals surface area contributed by atoms with Gasteiger partial charge in [0, 0.05) is 19.0 Å². The van der Waals surface area contributed by atoms with Crippen LogP contribution in [0.5, 0.6) is 0 Å². The lowest BCUT2D eigenvalue weighted by Crippen LogP contribution is -2.20. The molecule has 2 fully saturated rings. The molecule has 6 heteroatoms. The Morgan fingerprint density at radius 2 is 2.15 bits per heavy atom. The summed E-state index contributed by atoms with van der Waals surface area (Å²) >= 11 is 0. The fourth-order valence-corrected chi connectivity index (χ4v) is 2.69. The maximum Gasteiger partial charge on any atom is 0.231 e. The molecule has 1 saturated heterocycles. The van der Waals surface area contributed by atoms with Gasteiger partial charge in [0.15, 0.2) is 11.6 Å². The topological polar surface area (TPSA) is 67.9 Å². The van der Waals surface area contributed by atoms with Crippen molar-refractivity contribution in [2.75, 3.05) is 18.0 Å². The van der Waals surface area contributed by atoms with E-state index in [1.54, 1.807) is 6.20 Å². The average molecular weight is 271 g/mol. The number of rotatable bonds is 3. The van der Waals surface area contributed by atoms with Crippen LogP contribution in [0.3, 0.4) is 0 Å². The molecule has 20 heavy (non-hydrogen) atoms. The molecule has 1 aliphatic carbocycles. The van der Waals surface area contributed by atoms with Crippen molar-refractivity contribution in [3.8, 4) is 0 Å². The van der Waals surface area contributed by atoms with Crippen LogP contribution in [0.1, 0.15) is 48.4 Å². The molecule has 4 rings (SSSR count). The summed E-state index contributed by atoms with van der Waals surface area (Å²) in [5.74, 6) is 3.49. The SMILES string of the molecule is Cc1cnnc(N2CCC(c3nc(C4CC4)no3)C2)c1. The van der Waals surface area contributed by atoms with E-state index in [0.29, 0.717) is 11.8 Å². The van der Waals surface area contributed by atoms with Crippen molar-refractivity contribution in [3.63, 3.8) is 0 Å². The maximum atomic E-state index is 5.43. The first-order chi connectivity index (χ1) is 9.79. The van der Waals surface area contributed by atoms with Crippen LogP contribution in [-0.4, -0.2) is 33.4 Å². The molecule has 2 aromatic heterocycles. The summed E-state index contributed by atoms with van der Waals surface area (Å²) in [6.45, 7) is 3.88. The van der Waals surface area contributed by atoms with Crippen molar-refractivity contribution < 1.29 is 4.52 Å². The number of hydrogen-bond acceptors (Lipinski definition) is 6. The maximum absolute atomic E-state index is 5.43. The number of anilines is 1. The summed E-state index contributed by atoms with van der Waals surface area (Å²) in [6, 6.07) is 2.07. The van der Waals surface area contributed by atoms with Gasteiger partial charge < -0.3 is 9.42 Å². The minimum absolute atomic E-state index is 0.317. The van der Waals surface area contributed by atoms with E-state index < -0.39 is 0 Å². The van der Waals surface area contributed by atoms with Crippen LogP contribution in [0, 0.1) is 6.92 Å². The Labute approximate surface area is 117 Å². The first kappa shape index (κ1) is 11.8. The fourth-order valence-electron chi connectivity index (χ4n) is 2.69. The van der Waals surface area contributed by atoms with Gasteiger partial charge in [-0.05, 0) is 37.8 Å². The Balaban J connectivity index is 1.49. The van der Waals surface area contributed by atoms with E-state index in [2.05, 4.69) is 31.3 Å². The van der Waals surface area contributed by atoms with Gasteiger partial charge in [0.2, 0.25) is 5.89 Å². The molecule has 0 radical (unpaired) electrons. The summed E-state index contributed by atoms with van der Waals surface area (Å²) in [5.41, 5.74) is 1.13. The second-order valence-corrected chi connectivity index (χ2v) is 5.79. The third kappa shape index (κ3) is 2.15. The minimum Gasteiger partial charge on any atom is -0.354 e. The molecule has 0 N–H and O–H groups in total. The first-order valence-electron chi connectivity index (χ1n) is 7.17. The van der Waals surface area contributed by atoms with E-state index in [-0.39, 0.29) is 0 Å². The highest BCUT2D eigenvalue weighted by atomic mass is 16.5. The molecule has 3 heterocycles. The van der Waals surface area contributed by atoms with E-state index in [9.17, 15) is 0 Å². The normalized spacial score (nSPS) is 22.4. The van der Waals surface area contributed by atoms with Gasteiger partial charge in [0.25, 0.3) is 0 Å². The minimum atomic E-state index is 0.317.